The number of nitrogens with zero attached hydrogens (tertiary/aromatic N) is 1. The lowest BCUT2D eigenvalue weighted by atomic mass is 9.95. The van der Waals surface area contributed by atoms with Crippen LogP contribution < -0.4 is 5.32 Å². The van der Waals surface area contributed by atoms with Crippen molar-refractivity contribution in [1.29, 1.82) is 0 Å². The van der Waals surface area contributed by atoms with Crippen molar-refractivity contribution in [2.24, 2.45) is 0 Å². The van der Waals surface area contributed by atoms with Crippen LogP contribution in [0, 0.1) is 0 Å². The molecule has 1 aliphatic rings. The van der Waals surface area contributed by atoms with Crippen LogP contribution in [0.5, 0.6) is 0 Å². The lowest BCUT2D eigenvalue weighted by Gasteiger charge is -2.25. The molecule has 0 aliphatic carbocycles. The van der Waals surface area contributed by atoms with Crippen LogP contribution in [0.2, 0.25) is 5.02 Å². The van der Waals surface area contributed by atoms with Crippen molar-refractivity contribution < 1.29 is 0 Å². The van der Waals surface area contributed by atoms with Gasteiger partial charge in [-0.1, -0.05) is 18.5 Å². The second kappa shape index (κ2) is 4.23. The standard InChI is InChI=1S/C13H15ClN2S/c1-2-13(6-3-7-15-13)12-16-10-8-9(14)4-5-11(10)17-12/h4-5,8,15H,2-3,6-7H2,1H3. The molecule has 1 saturated heterocycles. The van der Waals surface area contributed by atoms with Crippen LogP contribution in [0.3, 0.4) is 0 Å². The molecule has 4 heteroatoms. The first-order chi connectivity index (χ1) is 8.23. The van der Waals surface area contributed by atoms with Gasteiger partial charge in [-0.2, -0.15) is 0 Å². The van der Waals surface area contributed by atoms with E-state index in [2.05, 4.69) is 18.3 Å². The molecule has 2 nitrogen and oxygen atoms in total. The summed E-state index contributed by atoms with van der Waals surface area (Å²) in [6.45, 7) is 3.34. The first-order valence-corrected chi connectivity index (χ1v) is 7.24. The van der Waals surface area contributed by atoms with Gasteiger partial charge in [0.1, 0.15) is 5.01 Å². The zero-order chi connectivity index (χ0) is 11.9. The van der Waals surface area contributed by atoms with E-state index in [9.17, 15) is 0 Å². The van der Waals surface area contributed by atoms with Crippen molar-refractivity contribution >= 4 is 33.2 Å². The van der Waals surface area contributed by atoms with Crippen molar-refractivity contribution in [3.8, 4) is 0 Å². The lowest BCUT2D eigenvalue weighted by Crippen LogP contribution is -2.35. The maximum absolute atomic E-state index is 6.01. The summed E-state index contributed by atoms with van der Waals surface area (Å²) < 4.78 is 1.23. The number of hydrogen-bond acceptors (Lipinski definition) is 3. The minimum absolute atomic E-state index is 0.107. The number of nitrogens with one attached hydrogen (secondary N) is 1. The SMILES string of the molecule is CCC1(c2nc3cc(Cl)ccc3s2)CCCN1. The molecular weight excluding hydrogens is 252 g/mol. The minimum atomic E-state index is 0.107. The van der Waals surface area contributed by atoms with Gasteiger partial charge in [0.25, 0.3) is 0 Å². The van der Waals surface area contributed by atoms with Gasteiger partial charge in [0.2, 0.25) is 0 Å². The van der Waals surface area contributed by atoms with E-state index in [1.165, 1.54) is 22.5 Å². The Hall–Kier alpha value is -0.640. The molecule has 1 N–H and O–H groups in total. The average Bonchev–Trinajstić information content (AvgIpc) is 2.94. The molecule has 1 fully saturated rings. The molecule has 17 heavy (non-hydrogen) atoms. The molecule has 1 aromatic heterocycles. The van der Waals surface area contributed by atoms with Gasteiger partial charge in [-0.15, -0.1) is 11.3 Å². The first kappa shape index (κ1) is 11.5. The highest BCUT2D eigenvalue weighted by Crippen LogP contribution is 2.38. The lowest BCUT2D eigenvalue weighted by molar-refractivity contribution is 0.375. The molecule has 1 aromatic carbocycles. The molecular formula is C13H15ClN2S. The molecule has 2 heterocycles. The molecule has 90 valence electrons. The molecule has 1 aliphatic heterocycles. The van der Waals surface area contributed by atoms with Crippen LogP contribution in [0.15, 0.2) is 18.2 Å². The van der Waals surface area contributed by atoms with Crippen molar-refractivity contribution in [3.05, 3.63) is 28.2 Å². The normalized spacial score (nSPS) is 24.6. The smallest absolute Gasteiger partial charge is 0.114 e. The van der Waals surface area contributed by atoms with Gasteiger partial charge >= 0.3 is 0 Å². The number of rotatable bonds is 2. The van der Waals surface area contributed by atoms with Gasteiger partial charge in [0.05, 0.1) is 15.8 Å². The van der Waals surface area contributed by atoms with Crippen LogP contribution in [-0.2, 0) is 5.54 Å². The number of hydrogen-bond donors (Lipinski definition) is 1. The number of benzene rings is 1. The Morgan fingerprint density at radius 3 is 3.12 bits per heavy atom. The van der Waals surface area contributed by atoms with Crippen LogP contribution in [0.25, 0.3) is 10.2 Å². The fourth-order valence-corrected chi connectivity index (χ4v) is 3.92. The highest BCUT2D eigenvalue weighted by Gasteiger charge is 2.36. The van der Waals surface area contributed by atoms with Crippen LogP contribution in [-0.4, -0.2) is 11.5 Å². The Labute approximate surface area is 110 Å². The number of thiazole rings is 1. The number of aromatic nitrogens is 1. The Morgan fingerprint density at radius 2 is 2.41 bits per heavy atom. The maximum atomic E-state index is 6.01. The van der Waals surface area contributed by atoms with Gasteiger partial charge in [-0.25, -0.2) is 4.98 Å². The van der Waals surface area contributed by atoms with Crippen LogP contribution in [0.4, 0.5) is 0 Å². The first-order valence-electron chi connectivity index (χ1n) is 6.05. The monoisotopic (exact) mass is 266 g/mol. The molecule has 3 rings (SSSR count). The second-order valence-corrected chi connectivity index (χ2v) is 6.06. The van der Waals surface area contributed by atoms with Gasteiger partial charge in [0.15, 0.2) is 0 Å². The fourth-order valence-electron chi connectivity index (χ4n) is 2.55. The summed E-state index contributed by atoms with van der Waals surface area (Å²) in [7, 11) is 0. The highest BCUT2D eigenvalue weighted by molar-refractivity contribution is 7.18. The quantitative estimate of drug-likeness (QED) is 0.891. The molecule has 1 atom stereocenters. The summed E-state index contributed by atoms with van der Waals surface area (Å²) in [6.07, 6.45) is 3.53. The van der Waals surface area contributed by atoms with Gasteiger partial charge in [-0.05, 0) is 44.0 Å². The van der Waals surface area contributed by atoms with E-state index in [0.29, 0.717) is 0 Å². The van der Waals surface area contributed by atoms with E-state index >= 15 is 0 Å². The predicted molar refractivity (Wildman–Crippen MR) is 73.8 cm³/mol. The van der Waals surface area contributed by atoms with Crippen molar-refractivity contribution in [1.82, 2.24) is 10.3 Å². The molecule has 0 radical (unpaired) electrons. The molecule has 0 spiro atoms. The highest BCUT2D eigenvalue weighted by atomic mass is 35.5. The summed E-state index contributed by atoms with van der Waals surface area (Å²) in [4.78, 5) is 4.77. The van der Waals surface area contributed by atoms with E-state index in [1.807, 2.05) is 12.1 Å². The Morgan fingerprint density at radius 1 is 1.53 bits per heavy atom. The van der Waals surface area contributed by atoms with E-state index < -0.39 is 0 Å². The Kier molecular flexibility index (Phi) is 2.85. The predicted octanol–water partition coefficient (Wildman–Crippen LogP) is 3.94. The van der Waals surface area contributed by atoms with E-state index in [4.69, 9.17) is 16.6 Å². The Bertz CT molecular complexity index is 543. The fraction of sp³-hybridized carbons (Fsp3) is 0.462. The Balaban J connectivity index is 2.11. The summed E-state index contributed by atoms with van der Waals surface area (Å²) >= 11 is 7.80. The number of halogens is 1. The topological polar surface area (TPSA) is 24.9 Å². The van der Waals surface area contributed by atoms with E-state index in [1.54, 1.807) is 11.3 Å². The van der Waals surface area contributed by atoms with Crippen LogP contribution in [0.1, 0.15) is 31.2 Å². The molecule has 0 amide bonds. The molecule has 0 saturated carbocycles. The molecule has 1 unspecified atom stereocenters. The average molecular weight is 267 g/mol. The molecule has 0 bridgehead atoms. The van der Waals surface area contributed by atoms with Crippen molar-refractivity contribution in [3.63, 3.8) is 0 Å². The summed E-state index contributed by atoms with van der Waals surface area (Å²) in [5.41, 5.74) is 1.13. The van der Waals surface area contributed by atoms with E-state index in [-0.39, 0.29) is 5.54 Å². The third-order valence-corrected chi connectivity index (χ3v) is 5.08. The van der Waals surface area contributed by atoms with Crippen LogP contribution >= 0.6 is 22.9 Å². The van der Waals surface area contributed by atoms with Gasteiger partial charge in [-0.3, -0.25) is 0 Å². The van der Waals surface area contributed by atoms with Crippen molar-refractivity contribution in [2.75, 3.05) is 6.54 Å². The molecule has 2 aromatic rings. The maximum Gasteiger partial charge on any atom is 0.114 e. The summed E-state index contributed by atoms with van der Waals surface area (Å²) in [5.74, 6) is 0. The zero-order valence-corrected chi connectivity index (χ0v) is 11.4. The van der Waals surface area contributed by atoms with Gasteiger partial charge in [0, 0.05) is 5.02 Å². The second-order valence-electron chi connectivity index (χ2n) is 4.60. The van der Waals surface area contributed by atoms with Gasteiger partial charge < -0.3 is 5.32 Å². The number of fused-ring (bicyclic) bond motifs is 1. The third kappa shape index (κ3) is 1.86. The summed E-state index contributed by atoms with van der Waals surface area (Å²) in [5, 5.41) is 5.61. The van der Waals surface area contributed by atoms with Crippen molar-refractivity contribution in [2.45, 2.75) is 31.7 Å². The minimum Gasteiger partial charge on any atom is -0.305 e. The largest absolute Gasteiger partial charge is 0.305 e. The van der Waals surface area contributed by atoms with E-state index in [0.717, 1.165) is 23.5 Å². The zero-order valence-electron chi connectivity index (χ0n) is 9.79. The summed E-state index contributed by atoms with van der Waals surface area (Å²) in [6, 6.07) is 5.96. The third-order valence-electron chi connectivity index (χ3n) is 3.61.